The van der Waals surface area contributed by atoms with Gasteiger partial charge in [0.15, 0.2) is 0 Å². The maximum atomic E-state index is 12.7. The van der Waals surface area contributed by atoms with Crippen LogP contribution in [0.5, 0.6) is 0 Å². The molecule has 0 spiro atoms. The van der Waals surface area contributed by atoms with Gasteiger partial charge in [0.1, 0.15) is 11.5 Å². The summed E-state index contributed by atoms with van der Waals surface area (Å²) in [5.41, 5.74) is 2.27. The summed E-state index contributed by atoms with van der Waals surface area (Å²) in [6.45, 7) is 0.781. The number of nitriles is 1. The van der Waals surface area contributed by atoms with Crippen molar-refractivity contribution < 1.29 is 18.0 Å². The lowest BCUT2D eigenvalue weighted by Gasteiger charge is -2.56. The van der Waals surface area contributed by atoms with Crippen molar-refractivity contribution in [1.82, 2.24) is 19.8 Å². The highest BCUT2D eigenvalue weighted by Crippen LogP contribution is 2.38. The number of alkyl halides is 3. The van der Waals surface area contributed by atoms with Gasteiger partial charge >= 0.3 is 6.18 Å². The van der Waals surface area contributed by atoms with E-state index < -0.39 is 18.3 Å². The lowest BCUT2D eigenvalue weighted by atomic mass is 9.83. The third-order valence-corrected chi connectivity index (χ3v) is 6.80. The molecule has 2 aromatic heterocycles. The Morgan fingerprint density at radius 1 is 1.36 bits per heavy atom. The molecule has 1 saturated heterocycles. The Labute approximate surface area is 189 Å². The average molecular weight is 458 g/mol. The first-order valence-electron chi connectivity index (χ1n) is 11.2. The van der Waals surface area contributed by atoms with Crippen LogP contribution in [0.15, 0.2) is 24.4 Å². The summed E-state index contributed by atoms with van der Waals surface area (Å²) in [6.07, 6.45) is 2.40. The van der Waals surface area contributed by atoms with Crippen LogP contribution in [0, 0.1) is 17.2 Å². The monoisotopic (exact) mass is 458 g/mol. The number of halogens is 3. The molecule has 2 aliphatic heterocycles. The van der Waals surface area contributed by atoms with Gasteiger partial charge in [-0.2, -0.15) is 18.4 Å². The number of nitrogens with zero attached hydrogens (tertiary/aromatic N) is 4. The number of pyridine rings is 1. The number of hydrogen-bond acceptors (Lipinski definition) is 5. The zero-order valence-electron chi connectivity index (χ0n) is 18.1. The van der Waals surface area contributed by atoms with Gasteiger partial charge in [0.2, 0.25) is 5.91 Å². The second kappa shape index (κ2) is 8.15. The minimum Gasteiger partial charge on any atom is -0.346 e. The Kier molecular flexibility index (Phi) is 5.41. The zero-order chi connectivity index (χ0) is 23.2. The van der Waals surface area contributed by atoms with Crippen molar-refractivity contribution in [3.8, 4) is 6.07 Å². The molecule has 7 nitrogen and oxygen atoms in total. The van der Waals surface area contributed by atoms with E-state index in [4.69, 9.17) is 0 Å². The van der Waals surface area contributed by atoms with Gasteiger partial charge in [-0.25, -0.2) is 4.98 Å². The number of rotatable bonds is 6. The molecular weight excluding hydrogens is 433 g/mol. The largest absolute Gasteiger partial charge is 0.401 e. The van der Waals surface area contributed by atoms with E-state index in [1.807, 2.05) is 18.3 Å². The van der Waals surface area contributed by atoms with E-state index in [-0.39, 0.29) is 31.3 Å². The molecular formula is C23H25F3N6O. The predicted molar refractivity (Wildman–Crippen MR) is 117 cm³/mol. The lowest BCUT2D eigenvalue weighted by Crippen LogP contribution is -2.71. The number of likely N-dealkylation sites (tertiary alicyclic amines) is 1. The van der Waals surface area contributed by atoms with Gasteiger partial charge in [0.25, 0.3) is 0 Å². The quantitative estimate of drug-likeness (QED) is 0.692. The molecule has 1 aliphatic carbocycles. The van der Waals surface area contributed by atoms with Crippen molar-refractivity contribution in [2.75, 3.05) is 38.0 Å². The second-order valence-electron chi connectivity index (χ2n) is 9.30. The highest BCUT2D eigenvalue weighted by molar-refractivity contribution is 5.97. The van der Waals surface area contributed by atoms with Crippen LogP contribution in [-0.2, 0) is 4.79 Å². The Bertz CT molecular complexity index is 1140. The fraction of sp³-hybridized carbons (Fsp3) is 0.522. The minimum atomic E-state index is -4.23. The molecule has 10 heteroatoms. The molecule has 5 rings (SSSR count). The molecule has 0 unspecified atom stereocenters. The second-order valence-corrected chi connectivity index (χ2v) is 9.30. The van der Waals surface area contributed by atoms with Crippen LogP contribution in [-0.4, -0.2) is 70.1 Å². The summed E-state index contributed by atoms with van der Waals surface area (Å²) < 4.78 is 38.2. The first-order chi connectivity index (χ1) is 15.8. The Morgan fingerprint density at radius 2 is 2.15 bits per heavy atom. The third kappa shape index (κ3) is 4.48. The summed E-state index contributed by atoms with van der Waals surface area (Å²) in [5.74, 6) is 0.589. The van der Waals surface area contributed by atoms with Crippen molar-refractivity contribution in [2.45, 2.75) is 37.4 Å². The number of anilines is 1. The number of aromatic nitrogens is 2. The van der Waals surface area contributed by atoms with Crippen LogP contribution in [0.1, 0.15) is 31.2 Å². The van der Waals surface area contributed by atoms with Crippen molar-refractivity contribution in [3.63, 3.8) is 0 Å². The number of hydrogen-bond donors (Lipinski definition) is 2. The van der Waals surface area contributed by atoms with E-state index >= 15 is 0 Å². The number of carbonyl (C=O) groups excluding carboxylic acids is 1. The zero-order valence-corrected chi connectivity index (χ0v) is 18.1. The molecule has 0 aromatic carbocycles. The molecule has 4 heterocycles. The van der Waals surface area contributed by atoms with Gasteiger partial charge in [-0.05, 0) is 42.5 Å². The van der Waals surface area contributed by atoms with Gasteiger partial charge in [-0.15, -0.1) is 0 Å². The van der Waals surface area contributed by atoms with Crippen LogP contribution in [0.25, 0.3) is 16.6 Å². The number of fused-ring (bicyclic) bond motifs is 1. The van der Waals surface area contributed by atoms with Gasteiger partial charge in [-0.1, -0.05) is 6.08 Å². The maximum Gasteiger partial charge on any atom is 0.401 e. The van der Waals surface area contributed by atoms with E-state index in [1.54, 1.807) is 0 Å². The summed E-state index contributed by atoms with van der Waals surface area (Å²) >= 11 is 0. The van der Waals surface area contributed by atoms with Crippen molar-refractivity contribution in [1.29, 1.82) is 5.26 Å². The van der Waals surface area contributed by atoms with Gasteiger partial charge < -0.3 is 10.3 Å². The summed E-state index contributed by atoms with van der Waals surface area (Å²) in [7, 11) is 0. The number of nitrogens with one attached hydrogen (secondary N) is 2. The molecule has 1 amide bonds. The van der Waals surface area contributed by atoms with Gasteiger partial charge in [-0.3, -0.25) is 14.6 Å². The van der Waals surface area contributed by atoms with E-state index in [9.17, 15) is 23.2 Å². The fourth-order valence-corrected chi connectivity index (χ4v) is 5.01. The molecule has 0 radical (unpaired) electrons. The molecule has 0 bridgehead atoms. The van der Waals surface area contributed by atoms with Gasteiger partial charge in [0.05, 0.1) is 24.6 Å². The SMILES string of the molecule is N#CCC1(N2CC=C(c3cc(NC(=O)C4CC4)nc4[nH]ccc34)CC2)CN(CC(F)(F)F)C1. The minimum absolute atomic E-state index is 0.00463. The Balaban J connectivity index is 1.34. The summed E-state index contributed by atoms with van der Waals surface area (Å²) in [5, 5.41) is 13.2. The molecule has 33 heavy (non-hydrogen) atoms. The number of H-pyrrole nitrogens is 1. The van der Waals surface area contributed by atoms with Crippen LogP contribution in [0.4, 0.5) is 19.0 Å². The normalized spacial score (nSPS) is 21.3. The average Bonchev–Trinajstić information content (AvgIpc) is 3.49. The third-order valence-electron chi connectivity index (χ3n) is 6.80. The van der Waals surface area contributed by atoms with Crippen LogP contribution in [0.3, 0.4) is 0 Å². The highest BCUT2D eigenvalue weighted by Gasteiger charge is 2.50. The smallest absolute Gasteiger partial charge is 0.346 e. The molecule has 2 aromatic rings. The molecule has 2 N–H and O–H groups in total. The Hall–Kier alpha value is -2.90. The van der Waals surface area contributed by atoms with E-state index in [0.717, 1.165) is 29.4 Å². The first-order valence-corrected chi connectivity index (χ1v) is 11.2. The Morgan fingerprint density at radius 3 is 2.79 bits per heavy atom. The van der Waals surface area contributed by atoms with Crippen LogP contribution < -0.4 is 5.32 Å². The molecule has 2 fully saturated rings. The highest BCUT2D eigenvalue weighted by atomic mass is 19.4. The van der Waals surface area contributed by atoms with Gasteiger partial charge in [0, 0.05) is 43.7 Å². The summed E-state index contributed by atoms with van der Waals surface area (Å²) in [6, 6.07) is 6.03. The van der Waals surface area contributed by atoms with Crippen molar-refractivity contribution in [2.24, 2.45) is 5.92 Å². The lowest BCUT2D eigenvalue weighted by molar-refractivity contribution is -0.172. The molecule has 3 aliphatic rings. The molecule has 0 atom stereocenters. The first kappa shape index (κ1) is 21.9. The van der Waals surface area contributed by atoms with Crippen molar-refractivity contribution >= 4 is 28.3 Å². The molecule has 1 saturated carbocycles. The van der Waals surface area contributed by atoms with E-state index in [2.05, 4.69) is 32.3 Å². The number of aromatic amines is 1. The van der Waals surface area contributed by atoms with Crippen molar-refractivity contribution in [3.05, 3.63) is 30.0 Å². The topological polar surface area (TPSA) is 88.0 Å². The van der Waals surface area contributed by atoms with E-state index in [0.29, 0.717) is 31.0 Å². The molecule has 174 valence electrons. The standard InChI is InChI=1S/C23H25F3N6O/c24-23(25,26)14-31-12-22(13-31,6-7-27)32-9-4-15(5-10-32)18-11-19(30-21(33)16-1-2-16)29-20-17(18)3-8-28-20/h3-4,8,11,16H,1-2,5-6,9-10,12-14H2,(H2,28,29,30,33). The maximum absolute atomic E-state index is 12.7. The predicted octanol–water partition coefficient (Wildman–Crippen LogP) is 3.53. The summed E-state index contributed by atoms with van der Waals surface area (Å²) in [4.78, 5) is 23.4. The fourth-order valence-electron chi connectivity index (χ4n) is 5.01. The number of amides is 1. The number of carbonyl (C=O) groups is 1. The van der Waals surface area contributed by atoms with Crippen LogP contribution in [0.2, 0.25) is 0 Å². The van der Waals surface area contributed by atoms with Crippen LogP contribution >= 0.6 is 0 Å². The van der Waals surface area contributed by atoms with E-state index in [1.165, 1.54) is 4.90 Å².